The van der Waals surface area contributed by atoms with Gasteiger partial charge in [-0.05, 0) is 17.4 Å². The van der Waals surface area contributed by atoms with Gasteiger partial charge in [-0.1, -0.05) is 60.6 Å². The van der Waals surface area contributed by atoms with Gasteiger partial charge in [0.1, 0.15) is 9.98 Å². The lowest BCUT2D eigenvalue weighted by molar-refractivity contribution is 1.01. The van der Waals surface area contributed by atoms with Crippen LogP contribution in [0.15, 0.2) is 41.6 Å². The highest BCUT2D eigenvalue weighted by molar-refractivity contribution is 7.99. The summed E-state index contributed by atoms with van der Waals surface area (Å²) in [6.45, 7) is 2.08. The first-order valence-corrected chi connectivity index (χ1v) is 8.11. The van der Waals surface area contributed by atoms with E-state index in [-0.39, 0.29) is 0 Å². The highest BCUT2D eigenvalue weighted by Gasteiger charge is 2.11. The molecular formula is C14H11ClN2S2. The second-order valence-electron chi connectivity index (χ2n) is 3.93. The number of aromatic nitrogens is 2. The molecule has 3 aromatic rings. The summed E-state index contributed by atoms with van der Waals surface area (Å²) in [4.78, 5) is 11.0. The van der Waals surface area contributed by atoms with E-state index in [1.165, 1.54) is 10.4 Å². The number of thiophene rings is 1. The number of rotatable bonds is 3. The molecular weight excluding hydrogens is 296 g/mol. The van der Waals surface area contributed by atoms with Gasteiger partial charge in [0.05, 0.1) is 0 Å². The fraction of sp³-hybridized carbons (Fsp3) is 0.143. The van der Waals surface area contributed by atoms with E-state index in [2.05, 4.69) is 35.1 Å². The number of hydrogen-bond donors (Lipinski definition) is 0. The third-order valence-corrected chi connectivity index (χ3v) is 4.75. The average molecular weight is 307 g/mol. The van der Waals surface area contributed by atoms with Crippen molar-refractivity contribution in [2.75, 3.05) is 5.75 Å². The molecule has 1 aromatic carbocycles. The summed E-state index contributed by atoms with van der Waals surface area (Å²) in [7, 11) is 0. The van der Waals surface area contributed by atoms with Gasteiger partial charge in [-0.2, -0.15) is 0 Å². The summed E-state index contributed by atoms with van der Waals surface area (Å²) < 4.78 is 0. The Morgan fingerprint density at radius 2 is 2.00 bits per heavy atom. The molecule has 19 heavy (non-hydrogen) atoms. The van der Waals surface area contributed by atoms with E-state index in [1.54, 1.807) is 23.1 Å². The van der Waals surface area contributed by atoms with E-state index in [1.807, 2.05) is 18.2 Å². The van der Waals surface area contributed by atoms with Gasteiger partial charge < -0.3 is 0 Å². The van der Waals surface area contributed by atoms with E-state index in [4.69, 9.17) is 11.6 Å². The van der Waals surface area contributed by atoms with Crippen molar-refractivity contribution >= 4 is 44.9 Å². The third-order valence-electron chi connectivity index (χ3n) is 2.66. The Hall–Kier alpha value is -1.10. The van der Waals surface area contributed by atoms with Gasteiger partial charge in [0.25, 0.3) is 0 Å². The molecule has 2 aromatic heterocycles. The van der Waals surface area contributed by atoms with Crippen LogP contribution in [0.4, 0.5) is 0 Å². The second-order valence-corrected chi connectivity index (χ2v) is 6.55. The Morgan fingerprint density at radius 3 is 2.74 bits per heavy atom. The number of halogens is 1. The zero-order valence-corrected chi connectivity index (χ0v) is 12.6. The third kappa shape index (κ3) is 2.61. The predicted molar refractivity (Wildman–Crippen MR) is 84.3 cm³/mol. The van der Waals surface area contributed by atoms with Gasteiger partial charge >= 0.3 is 0 Å². The van der Waals surface area contributed by atoms with Gasteiger partial charge in [0, 0.05) is 10.3 Å². The smallest absolute Gasteiger partial charge is 0.190 e. The van der Waals surface area contributed by atoms with E-state index in [9.17, 15) is 0 Å². The van der Waals surface area contributed by atoms with Crippen LogP contribution in [0.2, 0.25) is 5.15 Å². The monoisotopic (exact) mass is 306 g/mol. The van der Waals surface area contributed by atoms with Crippen molar-refractivity contribution in [3.8, 4) is 10.4 Å². The molecule has 0 aliphatic carbocycles. The number of thioether (sulfide) groups is 1. The highest BCUT2D eigenvalue weighted by Crippen LogP contribution is 2.36. The Balaban J connectivity index is 2.13. The quantitative estimate of drug-likeness (QED) is 0.381. The maximum absolute atomic E-state index is 6.24. The zero-order valence-electron chi connectivity index (χ0n) is 10.3. The van der Waals surface area contributed by atoms with Crippen molar-refractivity contribution in [2.45, 2.75) is 12.1 Å². The normalized spacial score (nSPS) is 11.1. The molecule has 0 spiro atoms. The van der Waals surface area contributed by atoms with Gasteiger partial charge in [-0.3, -0.25) is 0 Å². The minimum Gasteiger partial charge on any atom is -0.211 e. The Bertz CT molecular complexity index is 710. The molecule has 0 saturated carbocycles. The molecule has 0 radical (unpaired) electrons. The SMILES string of the molecule is CCSc1nc(Cl)c2cc(-c3ccccc3)sc2n1. The first-order chi connectivity index (χ1) is 9.28. The van der Waals surface area contributed by atoms with Gasteiger partial charge in [-0.25, -0.2) is 9.97 Å². The Kier molecular flexibility index (Phi) is 3.73. The van der Waals surface area contributed by atoms with E-state index in [0.717, 1.165) is 21.1 Å². The summed E-state index contributed by atoms with van der Waals surface area (Å²) in [6.07, 6.45) is 0. The molecule has 2 heterocycles. The van der Waals surface area contributed by atoms with Crippen LogP contribution in [-0.4, -0.2) is 15.7 Å². The molecule has 0 aliphatic heterocycles. The topological polar surface area (TPSA) is 25.8 Å². The van der Waals surface area contributed by atoms with Crippen molar-refractivity contribution < 1.29 is 0 Å². The first-order valence-electron chi connectivity index (χ1n) is 5.93. The first kappa shape index (κ1) is 12.9. The minimum absolute atomic E-state index is 0.541. The standard InChI is InChI=1S/C14H11ClN2S2/c1-2-18-14-16-12(15)10-8-11(19-13(10)17-14)9-6-4-3-5-7-9/h3-8H,2H2,1H3. The van der Waals surface area contributed by atoms with Crippen LogP contribution in [0.1, 0.15) is 6.92 Å². The number of fused-ring (bicyclic) bond motifs is 1. The molecule has 0 saturated heterocycles. The van der Waals surface area contributed by atoms with E-state index >= 15 is 0 Å². The van der Waals surface area contributed by atoms with E-state index < -0.39 is 0 Å². The molecule has 0 bridgehead atoms. The van der Waals surface area contributed by atoms with Crippen LogP contribution in [0.25, 0.3) is 20.7 Å². The summed E-state index contributed by atoms with van der Waals surface area (Å²) in [5.41, 5.74) is 1.19. The molecule has 0 amide bonds. The molecule has 96 valence electrons. The predicted octanol–water partition coefficient (Wildman–Crippen LogP) is 5.12. The maximum Gasteiger partial charge on any atom is 0.190 e. The van der Waals surface area contributed by atoms with Crippen LogP contribution < -0.4 is 0 Å². The van der Waals surface area contributed by atoms with Crippen molar-refractivity contribution in [2.24, 2.45) is 0 Å². The Morgan fingerprint density at radius 1 is 1.21 bits per heavy atom. The number of benzene rings is 1. The van der Waals surface area contributed by atoms with Crippen LogP contribution in [0, 0.1) is 0 Å². The van der Waals surface area contributed by atoms with Crippen molar-refractivity contribution in [1.82, 2.24) is 9.97 Å². The van der Waals surface area contributed by atoms with Crippen LogP contribution >= 0.6 is 34.7 Å². The number of hydrogen-bond acceptors (Lipinski definition) is 4. The molecule has 0 aliphatic rings. The molecule has 0 atom stereocenters. The minimum atomic E-state index is 0.541. The fourth-order valence-electron chi connectivity index (χ4n) is 1.81. The van der Waals surface area contributed by atoms with Crippen molar-refractivity contribution in [1.29, 1.82) is 0 Å². The summed E-state index contributed by atoms with van der Waals surface area (Å²) in [6, 6.07) is 12.3. The summed E-state index contributed by atoms with van der Waals surface area (Å²) in [5.74, 6) is 0.943. The number of nitrogens with zero attached hydrogens (tertiary/aromatic N) is 2. The largest absolute Gasteiger partial charge is 0.211 e. The molecule has 0 fully saturated rings. The van der Waals surface area contributed by atoms with Gasteiger partial charge in [-0.15, -0.1) is 11.3 Å². The second kappa shape index (κ2) is 5.49. The highest BCUT2D eigenvalue weighted by atomic mass is 35.5. The maximum atomic E-state index is 6.24. The van der Waals surface area contributed by atoms with Crippen LogP contribution in [0.5, 0.6) is 0 Å². The molecule has 5 heteroatoms. The molecule has 3 rings (SSSR count). The molecule has 0 N–H and O–H groups in total. The van der Waals surface area contributed by atoms with Crippen molar-refractivity contribution in [3.05, 3.63) is 41.6 Å². The van der Waals surface area contributed by atoms with E-state index in [0.29, 0.717) is 5.15 Å². The van der Waals surface area contributed by atoms with Crippen LogP contribution in [-0.2, 0) is 0 Å². The lowest BCUT2D eigenvalue weighted by atomic mass is 10.2. The average Bonchev–Trinajstić information content (AvgIpc) is 2.85. The summed E-state index contributed by atoms with van der Waals surface area (Å²) in [5, 5.41) is 2.23. The Labute approximate surface area is 124 Å². The fourth-order valence-corrected chi connectivity index (χ4v) is 3.80. The van der Waals surface area contributed by atoms with Gasteiger partial charge in [0.2, 0.25) is 0 Å². The van der Waals surface area contributed by atoms with Gasteiger partial charge in [0.15, 0.2) is 5.16 Å². The molecule has 2 nitrogen and oxygen atoms in total. The zero-order chi connectivity index (χ0) is 13.2. The lowest BCUT2D eigenvalue weighted by Gasteiger charge is -1.97. The van der Waals surface area contributed by atoms with Crippen molar-refractivity contribution in [3.63, 3.8) is 0 Å². The molecule has 0 unspecified atom stereocenters. The lowest BCUT2D eigenvalue weighted by Crippen LogP contribution is -1.86. The van der Waals surface area contributed by atoms with Crippen LogP contribution in [0.3, 0.4) is 0 Å². The summed E-state index contributed by atoms with van der Waals surface area (Å²) >= 11 is 9.51.